The van der Waals surface area contributed by atoms with Crippen molar-refractivity contribution >= 4 is 21.9 Å². The number of sulfonamides is 1. The maximum atomic E-state index is 12.9. The van der Waals surface area contributed by atoms with Gasteiger partial charge in [-0.3, -0.25) is 4.79 Å². The Hall–Kier alpha value is -2.78. The molecule has 0 unspecified atom stereocenters. The van der Waals surface area contributed by atoms with Crippen molar-refractivity contribution in [1.82, 2.24) is 10.0 Å². The lowest BCUT2D eigenvalue weighted by molar-refractivity contribution is -0.129. The number of esters is 1. The molecule has 0 radical (unpaired) electrons. The fourth-order valence-corrected chi connectivity index (χ4v) is 3.68. The summed E-state index contributed by atoms with van der Waals surface area (Å²) in [6.07, 6.45) is -1.10. The fraction of sp³-hybridized carbons (Fsp3) is 0.300. The van der Waals surface area contributed by atoms with Crippen LogP contribution in [0.15, 0.2) is 53.4 Å². The summed E-state index contributed by atoms with van der Waals surface area (Å²) in [7, 11) is -3.77. The topological polar surface area (TPSA) is 102 Å². The van der Waals surface area contributed by atoms with Crippen molar-refractivity contribution in [1.29, 1.82) is 0 Å². The Morgan fingerprint density at radius 3 is 2.34 bits per heavy atom. The van der Waals surface area contributed by atoms with Gasteiger partial charge in [0.05, 0.1) is 10.5 Å². The van der Waals surface area contributed by atoms with Gasteiger partial charge < -0.3 is 10.1 Å². The maximum absolute atomic E-state index is 12.9. The van der Waals surface area contributed by atoms with Gasteiger partial charge in [0.25, 0.3) is 5.91 Å². The summed E-state index contributed by atoms with van der Waals surface area (Å²) in [5.41, 5.74) is 0.698. The number of halogens is 1. The highest BCUT2D eigenvalue weighted by atomic mass is 32.2. The summed E-state index contributed by atoms with van der Waals surface area (Å²) in [6, 6.07) is 10.7. The van der Waals surface area contributed by atoms with Crippen LogP contribution in [0.25, 0.3) is 0 Å². The molecule has 0 aromatic heterocycles. The second kappa shape index (κ2) is 9.62. The van der Waals surface area contributed by atoms with Crippen LogP contribution in [0.4, 0.5) is 4.39 Å². The number of carbonyl (C=O) groups is 2. The van der Waals surface area contributed by atoms with E-state index in [1.807, 2.05) is 0 Å². The van der Waals surface area contributed by atoms with Crippen LogP contribution in [0.2, 0.25) is 0 Å². The number of hydrogen-bond acceptors (Lipinski definition) is 5. The molecular weight excluding hydrogens is 399 g/mol. The van der Waals surface area contributed by atoms with E-state index in [2.05, 4.69) is 10.0 Å². The SMILES string of the molecule is CC(C)NS(=O)(=O)c1cccc(C(=O)O[C@H](C)C(=O)NCc2ccc(F)cc2)c1. The number of amides is 1. The molecule has 2 aromatic rings. The Labute approximate surface area is 169 Å². The average molecular weight is 422 g/mol. The number of carbonyl (C=O) groups excluding carboxylic acids is 2. The summed E-state index contributed by atoms with van der Waals surface area (Å²) < 4.78 is 44.9. The highest BCUT2D eigenvalue weighted by molar-refractivity contribution is 7.89. The van der Waals surface area contributed by atoms with E-state index in [0.29, 0.717) is 5.56 Å². The van der Waals surface area contributed by atoms with Gasteiger partial charge in [-0.15, -0.1) is 0 Å². The Balaban J connectivity index is 1.99. The molecule has 1 amide bonds. The first-order valence-corrected chi connectivity index (χ1v) is 10.4. The van der Waals surface area contributed by atoms with Gasteiger partial charge in [0.1, 0.15) is 5.82 Å². The minimum absolute atomic E-state index is 0.00909. The van der Waals surface area contributed by atoms with Crippen LogP contribution in [0.3, 0.4) is 0 Å². The molecule has 0 aliphatic carbocycles. The minimum Gasteiger partial charge on any atom is -0.449 e. The molecule has 0 fully saturated rings. The van der Waals surface area contributed by atoms with Crippen LogP contribution >= 0.6 is 0 Å². The number of hydrogen-bond donors (Lipinski definition) is 2. The van der Waals surface area contributed by atoms with Gasteiger partial charge in [0.2, 0.25) is 10.0 Å². The lowest BCUT2D eigenvalue weighted by Crippen LogP contribution is -2.35. The molecule has 1 atom stereocenters. The van der Waals surface area contributed by atoms with Crippen LogP contribution in [0, 0.1) is 5.82 Å². The first kappa shape index (κ1) is 22.5. The highest BCUT2D eigenvalue weighted by Crippen LogP contribution is 2.14. The molecule has 7 nitrogen and oxygen atoms in total. The van der Waals surface area contributed by atoms with E-state index in [4.69, 9.17) is 4.74 Å². The van der Waals surface area contributed by atoms with Crippen molar-refractivity contribution < 1.29 is 27.1 Å². The molecule has 9 heteroatoms. The molecule has 0 aliphatic rings. The second-order valence-electron chi connectivity index (χ2n) is 6.70. The highest BCUT2D eigenvalue weighted by Gasteiger charge is 2.21. The third-order valence-electron chi connectivity index (χ3n) is 3.80. The van der Waals surface area contributed by atoms with Gasteiger partial charge in [0.15, 0.2) is 6.10 Å². The van der Waals surface area contributed by atoms with E-state index in [1.54, 1.807) is 13.8 Å². The number of ether oxygens (including phenoxy) is 1. The first-order valence-electron chi connectivity index (χ1n) is 8.94. The molecule has 156 valence electrons. The van der Waals surface area contributed by atoms with Crippen LogP contribution in [-0.4, -0.2) is 32.4 Å². The molecular formula is C20H23FN2O5S. The predicted molar refractivity (Wildman–Crippen MR) is 105 cm³/mol. The van der Waals surface area contributed by atoms with E-state index in [-0.39, 0.29) is 28.9 Å². The Bertz CT molecular complexity index is 975. The average Bonchev–Trinajstić information content (AvgIpc) is 2.66. The van der Waals surface area contributed by atoms with E-state index in [0.717, 1.165) is 0 Å². The Morgan fingerprint density at radius 1 is 1.07 bits per heavy atom. The standard InChI is InChI=1S/C20H23FN2O5S/c1-13(2)23-29(26,27)18-6-4-5-16(11-18)20(25)28-14(3)19(24)22-12-15-7-9-17(21)10-8-15/h4-11,13-14,23H,12H2,1-3H3,(H,22,24)/t14-/m1/s1. The zero-order chi connectivity index (χ0) is 21.6. The molecule has 29 heavy (non-hydrogen) atoms. The van der Waals surface area contributed by atoms with E-state index in [1.165, 1.54) is 55.5 Å². The lowest BCUT2D eigenvalue weighted by Gasteiger charge is -2.14. The molecule has 2 rings (SSSR count). The monoisotopic (exact) mass is 422 g/mol. The predicted octanol–water partition coefficient (Wildman–Crippen LogP) is 2.37. The third-order valence-corrected chi connectivity index (χ3v) is 5.46. The third kappa shape index (κ3) is 6.65. The van der Waals surface area contributed by atoms with E-state index >= 15 is 0 Å². The van der Waals surface area contributed by atoms with Crippen molar-refractivity contribution in [2.24, 2.45) is 0 Å². The molecule has 0 saturated heterocycles. The number of benzene rings is 2. The largest absolute Gasteiger partial charge is 0.449 e. The van der Waals surface area contributed by atoms with Gasteiger partial charge >= 0.3 is 5.97 Å². The van der Waals surface area contributed by atoms with Gasteiger partial charge in [-0.05, 0) is 56.7 Å². The van der Waals surface area contributed by atoms with E-state index < -0.39 is 28.0 Å². The van der Waals surface area contributed by atoms with Gasteiger partial charge in [-0.25, -0.2) is 22.3 Å². The van der Waals surface area contributed by atoms with Gasteiger partial charge in [-0.1, -0.05) is 18.2 Å². The summed E-state index contributed by atoms with van der Waals surface area (Å²) in [4.78, 5) is 24.4. The molecule has 0 spiro atoms. The van der Waals surface area contributed by atoms with Crippen LogP contribution in [0.1, 0.15) is 36.7 Å². The quantitative estimate of drug-likeness (QED) is 0.636. The Kier molecular flexibility index (Phi) is 7.46. The lowest BCUT2D eigenvalue weighted by atomic mass is 10.2. The zero-order valence-electron chi connectivity index (χ0n) is 16.3. The summed E-state index contributed by atoms with van der Waals surface area (Å²) in [5.74, 6) is -1.74. The molecule has 2 N–H and O–H groups in total. The summed E-state index contributed by atoms with van der Waals surface area (Å²) >= 11 is 0. The molecule has 0 aliphatic heterocycles. The molecule has 0 bridgehead atoms. The summed E-state index contributed by atoms with van der Waals surface area (Å²) in [6.45, 7) is 4.91. The second-order valence-corrected chi connectivity index (χ2v) is 8.41. The van der Waals surface area contributed by atoms with Crippen LogP contribution in [-0.2, 0) is 26.1 Å². The summed E-state index contributed by atoms with van der Waals surface area (Å²) in [5, 5.41) is 2.59. The molecule has 0 saturated carbocycles. The fourth-order valence-electron chi connectivity index (χ4n) is 2.39. The van der Waals surface area contributed by atoms with Crippen molar-refractivity contribution in [2.45, 2.75) is 44.4 Å². The number of rotatable bonds is 8. The van der Waals surface area contributed by atoms with E-state index in [9.17, 15) is 22.4 Å². The smallest absolute Gasteiger partial charge is 0.338 e. The zero-order valence-corrected chi connectivity index (χ0v) is 17.1. The maximum Gasteiger partial charge on any atom is 0.338 e. The molecule has 0 heterocycles. The van der Waals surface area contributed by atoms with Crippen LogP contribution < -0.4 is 10.0 Å². The van der Waals surface area contributed by atoms with Gasteiger partial charge in [-0.2, -0.15) is 0 Å². The molecule has 2 aromatic carbocycles. The van der Waals surface area contributed by atoms with Crippen molar-refractivity contribution in [3.63, 3.8) is 0 Å². The van der Waals surface area contributed by atoms with Crippen LogP contribution in [0.5, 0.6) is 0 Å². The Morgan fingerprint density at radius 2 is 1.72 bits per heavy atom. The van der Waals surface area contributed by atoms with Crippen molar-refractivity contribution in [3.05, 3.63) is 65.5 Å². The number of nitrogens with one attached hydrogen (secondary N) is 2. The van der Waals surface area contributed by atoms with Crippen molar-refractivity contribution in [3.8, 4) is 0 Å². The van der Waals surface area contributed by atoms with Crippen molar-refractivity contribution in [2.75, 3.05) is 0 Å². The normalized spacial score (nSPS) is 12.4. The minimum atomic E-state index is -3.77. The first-order chi connectivity index (χ1) is 13.6. The van der Waals surface area contributed by atoms with Gasteiger partial charge in [0, 0.05) is 12.6 Å².